The molecular formula is C10H6Cl2N4O2. The smallest absolute Gasteiger partial charge is 0.262 e. The molecule has 0 aliphatic heterocycles. The van der Waals surface area contributed by atoms with E-state index >= 15 is 0 Å². The normalized spacial score (nSPS) is 10.1. The van der Waals surface area contributed by atoms with Gasteiger partial charge in [0, 0.05) is 18.5 Å². The minimum absolute atomic E-state index is 0.0138. The molecule has 0 aromatic carbocycles. The van der Waals surface area contributed by atoms with Gasteiger partial charge in [0.2, 0.25) is 0 Å². The number of hydrogen-bond donors (Lipinski definition) is 2. The van der Waals surface area contributed by atoms with Crippen molar-refractivity contribution in [2.75, 3.05) is 5.32 Å². The third-order valence-corrected chi connectivity index (χ3v) is 2.79. The van der Waals surface area contributed by atoms with E-state index in [1.165, 1.54) is 18.5 Å². The Morgan fingerprint density at radius 1 is 1.33 bits per heavy atom. The van der Waals surface area contributed by atoms with E-state index in [4.69, 9.17) is 23.2 Å². The van der Waals surface area contributed by atoms with Crippen LogP contribution in [-0.2, 0) is 0 Å². The minimum atomic E-state index is -0.631. The van der Waals surface area contributed by atoms with Gasteiger partial charge in [-0.25, -0.2) is 9.97 Å². The average molecular weight is 285 g/mol. The summed E-state index contributed by atoms with van der Waals surface area (Å²) in [7, 11) is 0. The molecule has 0 aliphatic carbocycles. The Balaban J connectivity index is 2.30. The van der Waals surface area contributed by atoms with Crippen LogP contribution >= 0.6 is 23.2 Å². The Morgan fingerprint density at radius 3 is 2.83 bits per heavy atom. The zero-order valence-corrected chi connectivity index (χ0v) is 10.3. The largest absolute Gasteiger partial charge is 0.367 e. The zero-order valence-electron chi connectivity index (χ0n) is 8.78. The van der Waals surface area contributed by atoms with Crippen molar-refractivity contribution < 1.29 is 4.79 Å². The molecule has 2 rings (SSSR count). The molecule has 2 heterocycles. The lowest BCUT2D eigenvalue weighted by Gasteiger charge is -2.05. The number of carbonyl (C=O) groups excluding carboxylic acids is 1. The number of rotatable bonds is 2. The first-order valence-corrected chi connectivity index (χ1v) is 5.49. The Kier molecular flexibility index (Phi) is 3.59. The maximum absolute atomic E-state index is 11.8. The molecule has 2 aromatic heterocycles. The number of amides is 1. The fraction of sp³-hybridized carbons (Fsp3) is 0. The van der Waals surface area contributed by atoms with Crippen LogP contribution in [0.4, 0.5) is 5.82 Å². The van der Waals surface area contributed by atoms with Crippen LogP contribution in [0.15, 0.2) is 29.6 Å². The van der Waals surface area contributed by atoms with Crippen molar-refractivity contribution in [3.63, 3.8) is 0 Å². The Labute approximate surface area is 111 Å². The molecule has 0 aliphatic rings. The van der Waals surface area contributed by atoms with E-state index < -0.39 is 11.3 Å². The minimum Gasteiger partial charge on any atom is -0.367 e. The second-order valence-electron chi connectivity index (χ2n) is 3.20. The average Bonchev–Trinajstić information content (AvgIpc) is 2.35. The summed E-state index contributed by atoms with van der Waals surface area (Å²) in [4.78, 5) is 33.3. The number of anilines is 1. The molecule has 2 N–H and O–H groups in total. The molecule has 0 saturated heterocycles. The molecule has 92 valence electrons. The van der Waals surface area contributed by atoms with Gasteiger partial charge in [0.25, 0.3) is 5.91 Å². The Morgan fingerprint density at radius 2 is 2.11 bits per heavy atom. The summed E-state index contributed by atoms with van der Waals surface area (Å²) in [5, 5.41) is 2.41. The SMILES string of the molecule is O=C(Nc1ncnc(Cl)c1Cl)c1c[nH]ccc1=O. The predicted octanol–water partition coefficient (Wildman–Crippen LogP) is 1.72. The van der Waals surface area contributed by atoms with Gasteiger partial charge in [0.05, 0.1) is 0 Å². The molecule has 8 heteroatoms. The van der Waals surface area contributed by atoms with Crippen molar-refractivity contribution >= 4 is 34.9 Å². The van der Waals surface area contributed by atoms with Crippen molar-refractivity contribution in [3.05, 3.63) is 50.7 Å². The van der Waals surface area contributed by atoms with Gasteiger partial charge in [0.15, 0.2) is 16.4 Å². The van der Waals surface area contributed by atoms with Crippen LogP contribution in [0.2, 0.25) is 10.2 Å². The summed E-state index contributed by atoms with van der Waals surface area (Å²) in [6, 6.07) is 1.24. The van der Waals surface area contributed by atoms with E-state index in [0.717, 1.165) is 6.33 Å². The molecule has 1 amide bonds. The molecule has 0 atom stereocenters. The standard InChI is InChI=1S/C10H6Cl2N4O2/c11-7-8(12)14-4-15-9(7)16-10(18)5-3-13-2-1-6(5)17/h1-4H,(H,13,17)(H,14,15,16,18). The molecule has 0 radical (unpaired) electrons. The second kappa shape index (κ2) is 5.16. The Hall–Kier alpha value is -1.92. The summed E-state index contributed by atoms with van der Waals surface area (Å²) >= 11 is 11.5. The lowest BCUT2D eigenvalue weighted by atomic mass is 10.2. The highest BCUT2D eigenvalue weighted by Gasteiger charge is 2.14. The number of hydrogen-bond acceptors (Lipinski definition) is 4. The van der Waals surface area contributed by atoms with Crippen LogP contribution in [0.1, 0.15) is 10.4 Å². The van der Waals surface area contributed by atoms with Crippen LogP contribution < -0.4 is 10.7 Å². The quantitative estimate of drug-likeness (QED) is 0.822. The van der Waals surface area contributed by atoms with Gasteiger partial charge in [-0.2, -0.15) is 0 Å². The van der Waals surface area contributed by atoms with Gasteiger partial charge in [-0.1, -0.05) is 23.2 Å². The summed E-state index contributed by atoms with van der Waals surface area (Å²) in [5.41, 5.74) is -0.467. The third-order valence-electron chi connectivity index (χ3n) is 2.05. The van der Waals surface area contributed by atoms with E-state index in [1.807, 2.05) is 0 Å². The fourth-order valence-electron chi connectivity index (χ4n) is 1.20. The van der Waals surface area contributed by atoms with Crippen LogP contribution in [0, 0.1) is 0 Å². The lowest BCUT2D eigenvalue weighted by molar-refractivity contribution is 0.102. The summed E-state index contributed by atoms with van der Waals surface area (Å²) in [6.45, 7) is 0. The van der Waals surface area contributed by atoms with E-state index in [0.29, 0.717) is 0 Å². The van der Waals surface area contributed by atoms with E-state index in [2.05, 4.69) is 20.3 Å². The number of halogens is 2. The highest BCUT2D eigenvalue weighted by molar-refractivity contribution is 6.43. The van der Waals surface area contributed by atoms with E-state index in [-0.39, 0.29) is 21.6 Å². The molecule has 0 spiro atoms. The highest BCUT2D eigenvalue weighted by atomic mass is 35.5. The number of nitrogens with one attached hydrogen (secondary N) is 2. The molecule has 18 heavy (non-hydrogen) atoms. The predicted molar refractivity (Wildman–Crippen MR) is 67.1 cm³/mol. The van der Waals surface area contributed by atoms with Crippen molar-refractivity contribution in [2.45, 2.75) is 0 Å². The monoisotopic (exact) mass is 284 g/mol. The number of H-pyrrole nitrogens is 1. The van der Waals surface area contributed by atoms with Crippen LogP contribution in [0.25, 0.3) is 0 Å². The molecule has 2 aromatic rings. The number of aromatic amines is 1. The highest BCUT2D eigenvalue weighted by Crippen LogP contribution is 2.25. The summed E-state index contributed by atoms with van der Waals surface area (Å²) in [5.74, 6) is -0.585. The number of carbonyl (C=O) groups is 1. The fourth-order valence-corrected chi connectivity index (χ4v) is 1.48. The number of pyridine rings is 1. The molecule has 0 fully saturated rings. The summed E-state index contributed by atoms with van der Waals surface area (Å²) in [6.07, 6.45) is 3.86. The topological polar surface area (TPSA) is 87.7 Å². The first-order chi connectivity index (χ1) is 8.59. The van der Waals surface area contributed by atoms with Gasteiger partial charge in [-0.05, 0) is 0 Å². The molecule has 0 bridgehead atoms. The Bertz CT molecular complexity index is 656. The van der Waals surface area contributed by atoms with Gasteiger partial charge in [-0.3, -0.25) is 9.59 Å². The zero-order chi connectivity index (χ0) is 13.1. The number of aromatic nitrogens is 3. The molecule has 0 saturated carbocycles. The van der Waals surface area contributed by atoms with Crippen molar-refractivity contribution in [1.29, 1.82) is 0 Å². The first-order valence-electron chi connectivity index (χ1n) is 4.74. The number of nitrogens with zero attached hydrogens (tertiary/aromatic N) is 2. The summed E-state index contributed by atoms with van der Waals surface area (Å²) < 4.78 is 0. The maximum Gasteiger partial charge on any atom is 0.262 e. The van der Waals surface area contributed by atoms with Crippen LogP contribution in [0.3, 0.4) is 0 Å². The third kappa shape index (κ3) is 2.49. The van der Waals surface area contributed by atoms with Crippen molar-refractivity contribution in [1.82, 2.24) is 15.0 Å². The van der Waals surface area contributed by atoms with Crippen molar-refractivity contribution in [3.8, 4) is 0 Å². The first kappa shape index (κ1) is 12.5. The van der Waals surface area contributed by atoms with Crippen LogP contribution in [-0.4, -0.2) is 20.9 Å². The van der Waals surface area contributed by atoms with Gasteiger partial charge < -0.3 is 10.3 Å². The maximum atomic E-state index is 11.8. The molecule has 0 unspecified atom stereocenters. The molecular weight excluding hydrogens is 279 g/mol. The lowest BCUT2D eigenvalue weighted by Crippen LogP contribution is -2.21. The molecule has 6 nitrogen and oxygen atoms in total. The van der Waals surface area contributed by atoms with Crippen LogP contribution in [0.5, 0.6) is 0 Å². The van der Waals surface area contributed by atoms with Crippen molar-refractivity contribution in [2.24, 2.45) is 0 Å². The van der Waals surface area contributed by atoms with Gasteiger partial charge in [0.1, 0.15) is 16.9 Å². The van der Waals surface area contributed by atoms with E-state index in [9.17, 15) is 9.59 Å². The van der Waals surface area contributed by atoms with Gasteiger partial charge >= 0.3 is 0 Å². The van der Waals surface area contributed by atoms with Gasteiger partial charge in [-0.15, -0.1) is 0 Å². The second-order valence-corrected chi connectivity index (χ2v) is 3.94. The van der Waals surface area contributed by atoms with E-state index in [1.54, 1.807) is 0 Å².